The van der Waals surface area contributed by atoms with Crippen LogP contribution in [0.4, 0.5) is 5.69 Å². The van der Waals surface area contributed by atoms with E-state index in [1.807, 2.05) is 0 Å². The smallest absolute Gasteiger partial charge is 0.255 e. The van der Waals surface area contributed by atoms with Crippen LogP contribution in [0.3, 0.4) is 0 Å². The SMILES string of the molecule is COc1ccc(C(=O)Nc2cnoc2)cc1. The van der Waals surface area contributed by atoms with Gasteiger partial charge in [0.25, 0.3) is 5.91 Å². The highest BCUT2D eigenvalue weighted by Gasteiger charge is 2.06. The molecule has 0 fully saturated rings. The summed E-state index contributed by atoms with van der Waals surface area (Å²) in [4.78, 5) is 11.7. The molecule has 16 heavy (non-hydrogen) atoms. The van der Waals surface area contributed by atoms with Crippen molar-refractivity contribution in [2.24, 2.45) is 0 Å². The van der Waals surface area contributed by atoms with Crippen molar-refractivity contribution in [1.29, 1.82) is 0 Å². The molecule has 0 unspecified atom stereocenters. The predicted octanol–water partition coefficient (Wildman–Crippen LogP) is 1.94. The third kappa shape index (κ3) is 2.20. The highest BCUT2D eigenvalue weighted by atomic mass is 16.5. The molecule has 1 N–H and O–H groups in total. The molecule has 0 saturated heterocycles. The lowest BCUT2D eigenvalue weighted by molar-refractivity contribution is 0.102. The van der Waals surface area contributed by atoms with Crippen LogP contribution in [0.1, 0.15) is 10.4 Å². The van der Waals surface area contributed by atoms with E-state index in [9.17, 15) is 4.79 Å². The standard InChI is InChI=1S/C11H10N2O3/c1-15-10-4-2-8(3-5-10)11(14)13-9-6-12-16-7-9/h2-7H,1H3,(H,13,14). The number of anilines is 1. The molecule has 1 heterocycles. The molecule has 5 heteroatoms. The Balaban J connectivity index is 2.09. The minimum atomic E-state index is -0.217. The van der Waals surface area contributed by atoms with Crippen LogP contribution in [0.25, 0.3) is 0 Å². The molecule has 0 saturated carbocycles. The molecule has 0 aliphatic carbocycles. The fraction of sp³-hybridized carbons (Fsp3) is 0.0909. The topological polar surface area (TPSA) is 64.4 Å². The van der Waals surface area contributed by atoms with Gasteiger partial charge in [0, 0.05) is 5.56 Å². The van der Waals surface area contributed by atoms with Gasteiger partial charge in [-0.25, -0.2) is 0 Å². The first-order valence-corrected chi connectivity index (χ1v) is 4.64. The molecule has 1 amide bonds. The Morgan fingerprint density at radius 1 is 1.38 bits per heavy atom. The molecule has 82 valence electrons. The van der Waals surface area contributed by atoms with Gasteiger partial charge in [0.1, 0.15) is 17.7 Å². The van der Waals surface area contributed by atoms with Crippen molar-refractivity contribution in [2.75, 3.05) is 12.4 Å². The minimum Gasteiger partial charge on any atom is -0.497 e. The quantitative estimate of drug-likeness (QED) is 0.854. The van der Waals surface area contributed by atoms with Crippen LogP contribution >= 0.6 is 0 Å². The Kier molecular flexibility index (Phi) is 2.86. The van der Waals surface area contributed by atoms with Crippen molar-refractivity contribution >= 4 is 11.6 Å². The van der Waals surface area contributed by atoms with Gasteiger partial charge in [0.15, 0.2) is 0 Å². The van der Waals surface area contributed by atoms with Crippen molar-refractivity contribution in [3.63, 3.8) is 0 Å². The summed E-state index contributed by atoms with van der Waals surface area (Å²) >= 11 is 0. The number of amides is 1. The first-order chi connectivity index (χ1) is 7.79. The van der Waals surface area contributed by atoms with E-state index in [1.54, 1.807) is 31.4 Å². The molecule has 1 aromatic carbocycles. The molecule has 2 aromatic rings. The molecule has 2 rings (SSSR count). The molecule has 0 spiro atoms. The summed E-state index contributed by atoms with van der Waals surface area (Å²) in [6, 6.07) is 6.81. The summed E-state index contributed by atoms with van der Waals surface area (Å²) in [6.45, 7) is 0. The van der Waals surface area contributed by atoms with Crippen LogP contribution in [-0.4, -0.2) is 18.2 Å². The maximum absolute atomic E-state index is 11.7. The highest BCUT2D eigenvalue weighted by molar-refractivity contribution is 6.04. The number of aromatic nitrogens is 1. The zero-order chi connectivity index (χ0) is 11.4. The van der Waals surface area contributed by atoms with E-state index < -0.39 is 0 Å². The number of methoxy groups -OCH3 is 1. The summed E-state index contributed by atoms with van der Waals surface area (Å²) in [7, 11) is 1.58. The third-order valence-corrected chi connectivity index (χ3v) is 2.04. The van der Waals surface area contributed by atoms with Crippen LogP contribution in [0.15, 0.2) is 41.2 Å². The predicted molar refractivity (Wildman–Crippen MR) is 57.5 cm³/mol. The maximum Gasteiger partial charge on any atom is 0.255 e. The molecule has 0 radical (unpaired) electrons. The molecule has 0 aliphatic rings. The van der Waals surface area contributed by atoms with E-state index in [0.717, 1.165) is 0 Å². The number of ether oxygens (including phenoxy) is 1. The van der Waals surface area contributed by atoms with Crippen molar-refractivity contribution in [1.82, 2.24) is 5.16 Å². The number of carbonyl (C=O) groups is 1. The highest BCUT2D eigenvalue weighted by Crippen LogP contribution is 2.13. The average Bonchev–Trinajstić information content (AvgIpc) is 2.82. The van der Waals surface area contributed by atoms with Gasteiger partial charge in [0.2, 0.25) is 0 Å². The fourth-order valence-electron chi connectivity index (χ4n) is 1.21. The second-order valence-electron chi connectivity index (χ2n) is 3.10. The molecule has 0 atom stereocenters. The summed E-state index contributed by atoms with van der Waals surface area (Å²) in [5.41, 5.74) is 1.07. The Morgan fingerprint density at radius 2 is 2.12 bits per heavy atom. The Labute approximate surface area is 92.0 Å². The van der Waals surface area contributed by atoms with Crippen LogP contribution in [-0.2, 0) is 0 Å². The van der Waals surface area contributed by atoms with Crippen LogP contribution < -0.4 is 10.1 Å². The van der Waals surface area contributed by atoms with Gasteiger partial charge >= 0.3 is 0 Å². The van der Waals surface area contributed by atoms with E-state index in [2.05, 4.69) is 15.0 Å². The molecule has 5 nitrogen and oxygen atoms in total. The number of hydrogen-bond donors (Lipinski definition) is 1. The monoisotopic (exact) mass is 218 g/mol. The normalized spacial score (nSPS) is 9.81. The van der Waals surface area contributed by atoms with E-state index in [0.29, 0.717) is 17.0 Å². The van der Waals surface area contributed by atoms with Crippen molar-refractivity contribution in [2.45, 2.75) is 0 Å². The summed E-state index contributed by atoms with van der Waals surface area (Å²) in [6.07, 6.45) is 2.79. The lowest BCUT2D eigenvalue weighted by atomic mass is 10.2. The molecule has 0 bridgehead atoms. The average molecular weight is 218 g/mol. The molecule has 0 aliphatic heterocycles. The van der Waals surface area contributed by atoms with Crippen molar-refractivity contribution in [3.05, 3.63) is 42.3 Å². The number of nitrogens with one attached hydrogen (secondary N) is 1. The number of carbonyl (C=O) groups excluding carboxylic acids is 1. The lowest BCUT2D eigenvalue weighted by Gasteiger charge is -2.03. The van der Waals surface area contributed by atoms with Crippen LogP contribution in [0, 0.1) is 0 Å². The van der Waals surface area contributed by atoms with Gasteiger partial charge in [-0.1, -0.05) is 5.16 Å². The zero-order valence-corrected chi connectivity index (χ0v) is 8.64. The summed E-state index contributed by atoms with van der Waals surface area (Å²) in [5, 5.41) is 6.13. The molecular weight excluding hydrogens is 208 g/mol. The van der Waals surface area contributed by atoms with E-state index >= 15 is 0 Å². The van der Waals surface area contributed by atoms with Gasteiger partial charge in [-0.05, 0) is 24.3 Å². The number of hydrogen-bond acceptors (Lipinski definition) is 4. The van der Waals surface area contributed by atoms with Gasteiger partial charge in [-0.2, -0.15) is 0 Å². The number of rotatable bonds is 3. The number of nitrogens with zero attached hydrogens (tertiary/aromatic N) is 1. The Hall–Kier alpha value is -2.30. The van der Waals surface area contributed by atoms with Crippen molar-refractivity contribution in [3.8, 4) is 5.75 Å². The Bertz CT molecular complexity index is 462. The second kappa shape index (κ2) is 4.48. The maximum atomic E-state index is 11.7. The largest absolute Gasteiger partial charge is 0.497 e. The molecular formula is C11H10N2O3. The third-order valence-electron chi connectivity index (χ3n) is 2.04. The van der Waals surface area contributed by atoms with Crippen molar-refractivity contribution < 1.29 is 14.1 Å². The molecule has 1 aromatic heterocycles. The first kappa shape index (κ1) is 10.2. The lowest BCUT2D eigenvalue weighted by Crippen LogP contribution is -2.10. The van der Waals surface area contributed by atoms with Crippen LogP contribution in [0.2, 0.25) is 0 Å². The minimum absolute atomic E-state index is 0.217. The van der Waals surface area contributed by atoms with E-state index in [4.69, 9.17) is 4.74 Å². The Morgan fingerprint density at radius 3 is 2.69 bits per heavy atom. The summed E-state index contributed by atoms with van der Waals surface area (Å²) in [5.74, 6) is 0.493. The number of benzene rings is 1. The zero-order valence-electron chi connectivity index (χ0n) is 8.64. The van der Waals surface area contributed by atoms with Gasteiger partial charge in [0.05, 0.1) is 13.3 Å². The summed E-state index contributed by atoms with van der Waals surface area (Å²) < 4.78 is 9.60. The van der Waals surface area contributed by atoms with Gasteiger partial charge in [-0.3, -0.25) is 4.79 Å². The van der Waals surface area contributed by atoms with Gasteiger partial charge in [-0.15, -0.1) is 0 Å². The van der Waals surface area contributed by atoms with E-state index in [-0.39, 0.29) is 5.91 Å². The van der Waals surface area contributed by atoms with Gasteiger partial charge < -0.3 is 14.6 Å². The fourth-order valence-corrected chi connectivity index (χ4v) is 1.21. The van der Waals surface area contributed by atoms with E-state index in [1.165, 1.54) is 12.5 Å². The second-order valence-corrected chi connectivity index (χ2v) is 3.10. The van der Waals surface area contributed by atoms with Crippen LogP contribution in [0.5, 0.6) is 5.75 Å². The first-order valence-electron chi connectivity index (χ1n) is 4.64.